The molecule has 0 radical (unpaired) electrons. The van der Waals surface area contributed by atoms with Crippen molar-refractivity contribution in [3.63, 3.8) is 0 Å². The van der Waals surface area contributed by atoms with Gasteiger partial charge in [-0.15, -0.1) is 0 Å². The fourth-order valence-electron chi connectivity index (χ4n) is 2.51. The lowest BCUT2D eigenvalue weighted by Crippen LogP contribution is -2.37. The number of anilines is 2. The first kappa shape index (κ1) is 20.7. The molecule has 0 aliphatic heterocycles. The van der Waals surface area contributed by atoms with Crippen molar-refractivity contribution in [3.05, 3.63) is 57.2 Å². The van der Waals surface area contributed by atoms with E-state index in [0.717, 1.165) is 25.3 Å². The molecule has 0 atom stereocenters. The molecule has 0 heterocycles. The van der Waals surface area contributed by atoms with Gasteiger partial charge >= 0.3 is 0 Å². The molecule has 140 valence electrons. The Morgan fingerprint density at radius 2 is 1.77 bits per heavy atom. The number of nitrogens with zero attached hydrogens (tertiary/aromatic N) is 1. The van der Waals surface area contributed by atoms with Crippen molar-refractivity contribution in [1.82, 2.24) is 0 Å². The van der Waals surface area contributed by atoms with Gasteiger partial charge in [0, 0.05) is 9.26 Å². The van der Waals surface area contributed by atoms with E-state index in [1.165, 1.54) is 0 Å². The van der Waals surface area contributed by atoms with Crippen LogP contribution in [0.2, 0.25) is 0 Å². The zero-order valence-electron chi connectivity index (χ0n) is 15.3. The molecule has 0 saturated heterocycles. The molecule has 2 aromatic rings. The van der Waals surface area contributed by atoms with E-state index < -0.39 is 10.0 Å². The van der Waals surface area contributed by atoms with E-state index in [2.05, 4.69) is 41.8 Å². The lowest BCUT2D eigenvalue weighted by atomic mass is 10.0. The van der Waals surface area contributed by atoms with Crippen LogP contribution in [0.1, 0.15) is 30.9 Å². The molecule has 0 aliphatic rings. The fraction of sp³-hybridized carbons (Fsp3) is 0.316. The van der Waals surface area contributed by atoms with E-state index in [4.69, 9.17) is 0 Å². The van der Waals surface area contributed by atoms with Crippen LogP contribution < -0.4 is 9.62 Å². The molecule has 2 rings (SSSR count). The van der Waals surface area contributed by atoms with Crippen molar-refractivity contribution < 1.29 is 13.2 Å². The maximum atomic E-state index is 12.4. The number of hydrogen-bond acceptors (Lipinski definition) is 3. The summed E-state index contributed by atoms with van der Waals surface area (Å²) >= 11 is 2.20. The molecule has 0 aromatic heterocycles. The van der Waals surface area contributed by atoms with Crippen molar-refractivity contribution in [1.29, 1.82) is 0 Å². The smallest absolute Gasteiger partial charge is 0.245 e. The van der Waals surface area contributed by atoms with E-state index in [1.54, 1.807) is 12.1 Å². The van der Waals surface area contributed by atoms with Gasteiger partial charge in [-0.2, -0.15) is 0 Å². The lowest BCUT2D eigenvalue weighted by molar-refractivity contribution is -0.114. The Bertz CT molecular complexity index is 894. The van der Waals surface area contributed by atoms with E-state index >= 15 is 0 Å². The van der Waals surface area contributed by atoms with Crippen LogP contribution in [0.25, 0.3) is 0 Å². The second-order valence-electron chi connectivity index (χ2n) is 6.52. The van der Waals surface area contributed by atoms with Crippen LogP contribution in [0.15, 0.2) is 42.5 Å². The average molecular weight is 486 g/mol. The number of halogens is 1. The number of carbonyl (C=O) groups is 1. The number of sulfonamides is 1. The highest BCUT2D eigenvalue weighted by molar-refractivity contribution is 14.1. The molecule has 26 heavy (non-hydrogen) atoms. The van der Waals surface area contributed by atoms with Gasteiger partial charge < -0.3 is 5.32 Å². The third-order valence-electron chi connectivity index (χ3n) is 4.00. The van der Waals surface area contributed by atoms with E-state index in [0.29, 0.717) is 17.3 Å². The average Bonchev–Trinajstić information content (AvgIpc) is 2.54. The van der Waals surface area contributed by atoms with Crippen molar-refractivity contribution in [2.75, 3.05) is 22.4 Å². The molecular formula is C19H23IN2O3S. The molecule has 5 nitrogen and oxygen atoms in total. The molecule has 1 amide bonds. The topological polar surface area (TPSA) is 66.5 Å². The first-order valence-corrected chi connectivity index (χ1v) is 11.1. The highest BCUT2D eigenvalue weighted by Gasteiger charge is 2.21. The molecule has 2 aromatic carbocycles. The van der Waals surface area contributed by atoms with Crippen LogP contribution in [0.3, 0.4) is 0 Å². The molecule has 0 fully saturated rings. The Morgan fingerprint density at radius 1 is 1.15 bits per heavy atom. The van der Waals surface area contributed by atoms with Gasteiger partial charge in [-0.25, -0.2) is 8.42 Å². The number of hydrogen-bond donors (Lipinski definition) is 1. The molecule has 0 bridgehead atoms. The van der Waals surface area contributed by atoms with Crippen LogP contribution in [0, 0.1) is 10.5 Å². The highest BCUT2D eigenvalue weighted by Crippen LogP contribution is 2.22. The number of rotatable bonds is 6. The maximum Gasteiger partial charge on any atom is 0.245 e. The minimum atomic E-state index is -3.58. The van der Waals surface area contributed by atoms with Gasteiger partial charge in [0.1, 0.15) is 6.54 Å². The molecule has 0 aliphatic carbocycles. The molecule has 0 saturated carbocycles. The van der Waals surface area contributed by atoms with Crippen LogP contribution in [0.5, 0.6) is 0 Å². The summed E-state index contributed by atoms with van der Waals surface area (Å²) in [6.45, 7) is 5.77. The maximum absolute atomic E-state index is 12.4. The minimum absolute atomic E-state index is 0.273. The Labute approximate surface area is 169 Å². The summed E-state index contributed by atoms with van der Waals surface area (Å²) in [4.78, 5) is 12.4. The predicted octanol–water partition coefficient (Wildman–Crippen LogP) is 4.13. The summed E-state index contributed by atoms with van der Waals surface area (Å²) in [6, 6.07) is 12.9. The molecule has 0 unspecified atom stereocenters. The normalized spacial score (nSPS) is 11.5. The summed E-state index contributed by atoms with van der Waals surface area (Å²) in [6.07, 6.45) is 1.10. The summed E-state index contributed by atoms with van der Waals surface area (Å²) < 4.78 is 26.6. The summed E-state index contributed by atoms with van der Waals surface area (Å²) in [5.41, 5.74) is 3.20. The number of amides is 1. The SMILES string of the molecule is Cc1cc(I)ccc1NC(=O)CN(c1ccc(C(C)C)cc1)S(C)(=O)=O. The van der Waals surface area contributed by atoms with Gasteiger partial charge in [-0.05, 0) is 76.9 Å². The Morgan fingerprint density at radius 3 is 2.27 bits per heavy atom. The van der Waals surface area contributed by atoms with Gasteiger partial charge in [0.2, 0.25) is 15.9 Å². The standard InChI is InChI=1S/C19H23IN2O3S/c1-13(2)15-5-8-17(9-6-15)22(26(4,24)25)12-19(23)21-18-10-7-16(20)11-14(18)3/h5-11,13H,12H2,1-4H3,(H,21,23). The first-order chi connectivity index (χ1) is 12.1. The largest absolute Gasteiger partial charge is 0.324 e. The Kier molecular flexibility index (Phi) is 6.68. The zero-order valence-corrected chi connectivity index (χ0v) is 18.3. The number of nitrogens with one attached hydrogen (secondary N) is 1. The molecule has 1 N–H and O–H groups in total. The van der Waals surface area contributed by atoms with Crippen molar-refractivity contribution in [2.45, 2.75) is 26.7 Å². The van der Waals surface area contributed by atoms with Crippen LogP contribution >= 0.6 is 22.6 Å². The second-order valence-corrected chi connectivity index (χ2v) is 9.68. The minimum Gasteiger partial charge on any atom is -0.324 e. The first-order valence-electron chi connectivity index (χ1n) is 8.21. The van der Waals surface area contributed by atoms with E-state index in [9.17, 15) is 13.2 Å². The monoisotopic (exact) mass is 486 g/mol. The summed E-state index contributed by atoms with van der Waals surface area (Å²) in [5, 5.41) is 2.79. The summed E-state index contributed by atoms with van der Waals surface area (Å²) in [7, 11) is -3.58. The van der Waals surface area contributed by atoms with Gasteiger partial charge in [0.15, 0.2) is 0 Å². The number of aryl methyl sites for hydroxylation is 1. The summed E-state index contributed by atoms with van der Waals surface area (Å²) in [5.74, 6) is -0.0319. The predicted molar refractivity (Wildman–Crippen MR) is 115 cm³/mol. The van der Waals surface area contributed by atoms with Gasteiger partial charge in [0.25, 0.3) is 0 Å². The van der Waals surface area contributed by atoms with Gasteiger partial charge in [0.05, 0.1) is 11.9 Å². The zero-order chi connectivity index (χ0) is 19.5. The van der Waals surface area contributed by atoms with Crippen LogP contribution in [-0.2, 0) is 14.8 Å². The molecule has 7 heteroatoms. The lowest BCUT2D eigenvalue weighted by Gasteiger charge is -2.22. The molecular weight excluding hydrogens is 463 g/mol. The Hall–Kier alpha value is -1.61. The van der Waals surface area contributed by atoms with Gasteiger partial charge in [-0.1, -0.05) is 26.0 Å². The highest BCUT2D eigenvalue weighted by atomic mass is 127. The van der Waals surface area contributed by atoms with E-state index in [1.807, 2.05) is 37.3 Å². The van der Waals surface area contributed by atoms with E-state index in [-0.39, 0.29) is 12.5 Å². The quantitative estimate of drug-likeness (QED) is 0.625. The fourth-order valence-corrected chi connectivity index (χ4v) is 4.02. The van der Waals surface area contributed by atoms with Crippen molar-refractivity contribution in [2.24, 2.45) is 0 Å². The Balaban J connectivity index is 2.21. The van der Waals surface area contributed by atoms with Crippen LogP contribution in [-0.4, -0.2) is 27.1 Å². The van der Waals surface area contributed by atoms with Crippen LogP contribution in [0.4, 0.5) is 11.4 Å². The van der Waals surface area contributed by atoms with Gasteiger partial charge in [-0.3, -0.25) is 9.10 Å². The van der Waals surface area contributed by atoms with Crippen molar-refractivity contribution >= 4 is 49.9 Å². The third-order valence-corrected chi connectivity index (χ3v) is 5.81. The van der Waals surface area contributed by atoms with Crippen molar-refractivity contribution in [3.8, 4) is 0 Å². The second kappa shape index (κ2) is 8.39. The third kappa shape index (κ3) is 5.44. The number of benzene rings is 2. The molecule has 0 spiro atoms. The number of carbonyl (C=O) groups excluding carboxylic acids is 1.